The second kappa shape index (κ2) is 8.25. The van der Waals surface area contributed by atoms with Gasteiger partial charge in [0.25, 0.3) is 0 Å². The predicted octanol–water partition coefficient (Wildman–Crippen LogP) is 4.02. The number of hydrogen-bond donors (Lipinski definition) is 0. The molecule has 0 fully saturated rings. The summed E-state index contributed by atoms with van der Waals surface area (Å²) in [6.07, 6.45) is 0. The largest absolute Gasteiger partial charge is 0.464 e. The van der Waals surface area contributed by atoms with Gasteiger partial charge in [-0.15, -0.1) is 0 Å². The first-order valence-electron chi connectivity index (χ1n) is 9.35. The second-order valence-corrected chi connectivity index (χ2v) is 6.58. The van der Waals surface area contributed by atoms with Crippen molar-refractivity contribution in [2.45, 2.75) is 33.7 Å². The Labute approximate surface area is 164 Å². The van der Waals surface area contributed by atoms with Gasteiger partial charge < -0.3 is 14.4 Å². The molecule has 1 aliphatic rings. The summed E-state index contributed by atoms with van der Waals surface area (Å²) in [5.74, 6) is -0.949. The van der Waals surface area contributed by atoms with Crippen LogP contribution in [0.25, 0.3) is 0 Å². The first-order valence-corrected chi connectivity index (χ1v) is 9.35. The van der Waals surface area contributed by atoms with Gasteiger partial charge in [-0.3, -0.25) is 0 Å². The fourth-order valence-electron chi connectivity index (χ4n) is 3.19. The summed E-state index contributed by atoms with van der Waals surface area (Å²) in [7, 11) is 0. The molecule has 0 saturated carbocycles. The van der Waals surface area contributed by atoms with Crippen molar-refractivity contribution >= 4 is 29.1 Å². The van der Waals surface area contributed by atoms with E-state index in [-0.39, 0.29) is 19.0 Å². The molecule has 0 saturated heterocycles. The molecule has 146 valence electrons. The van der Waals surface area contributed by atoms with Crippen LogP contribution >= 0.6 is 0 Å². The zero-order valence-electron chi connectivity index (χ0n) is 16.6. The van der Waals surface area contributed by atoms with Gasteiger partial charge >= 0.3 is 11.9 Å². The van der Waals surface area contributed by atoms with Gasteiger partial charge in [0.2, 0.25) is 5.84 Å². The second-order valence-electron chi connectivity index (χ2n) is 6.58. The van der Waals surface area contributed by atoms with E-state index in [2.05, 4.69) is 4.99 Å². The normalized spacial score (nSPS) is 15.5. The molecular formula is C22H24N2O4. The molecule has 2 aromatic rings. The van der Waals surface area contributed by atoms with Crippen LogP contribution in [-0.2, 0) is 19.1 Å². The molecule has 3 rings (SSSR count). The molecule has 0 radical (unpaired) electrons. The lowest BCUT2D eigenvalue weighted by Gasteiger charge is -2.35. The molecule has 1 aliphatic heterocycles. The molecule has 1 atom stereocenters. The van der Waals surface area contributed by atoms with Crippen molar-refractivity contribution in [1.29, 1.82) is 0 Å². The Morgan fingerprint density at radius 3 is 2.25 bits per heavy atom. The van der Waals surface area contributed by atoms with E-state index in [0.717, 1.165) is 11.1 Å². The van der Waals surface area contributed by atoms with E-state index < -0.39 is 18.0 Å². The number of esters is 2. The van der Waals surface area contributed by atoms with Crippen molar-refractivity contribution < 1.29 is 19.1 Å². The van der Waals surface area contributed by atoms with Crippen LogP contribution in [0.3, 0.4) is 0 Å². The van der Waals surface area contributed by atoms with Crippen LogP contribution in [-0.4, -0.2) is 31.0 Å². The SMILES string of the molecule is CCOC(=O)C1=Nc2ccc(C)cc2C(C(=O)OCC)N1c1ccc(C)cc1. The number of ether oxygens (including phenoxy) is 2. The number of carbonyl (C=O) groups is 2. The first kappa shape index (κ1) is 19.6. The average Bonchev–Trinajstić information content (AvgIpc) is 2.67. The average molecular weight is 380 g/mol. The van der Waals surface area contributed by atoms with Gasteiger partial charge in [0.05, 0.1) is 18.9 Å². The molecule has 28 heavy (non-hydrogen) atoms. The lowest BCUT2D eigenvalue weighted by Crippen LogP contribution is -2.46. The van der Waals surface area contributed by atoms with Gasteiger partial charge in [-0.2, -0.15) is 0 Å². The number of fused-ring (bicyclic) bond motifs is 1. The predicted molar refractivity (Wildman–Crippen MR) is 108 cm³/mol. The fourth-order valence-corrected chi connectivity index (χ4v) is 3.19. The standard InChI is InChI=1S/C22H24N2O4/c1-5-27-21(25)19-17-13-15(4)9-12-18(17)23-20(22(26)28-6-2)24(19)16-10-7-14(3)8-11-16/h7-13,19H,5-6H2,1-4H3. The molecule has 6 heteroatoms. The number of aliphatic imine (C=N–C) groups is 1. The summed E-state index contributed by atoms with van der Waals surface area (Å²) < 4.78 is 10.6. The zero-order chi connectivity index (χ0) is 20.3. The van der Waals surface area contributed by atoms with E-state index in [1.165, 1.54) is 0 Å². The van der Waals surface area contributed by atoms with Crippen molar-refractivity contribution in [1.82, 2.24) is 0 Å². The minimum absolute atomic E-state index is 0.0695. The lowest BCUT2D eigenvalue weighted by atomic mass is 9.97. The van der Waals surface area contributed by atoms with E-state index in [9.17, 15) is 9.59 Å². The number of anilines is 1. The van der Waals surface area contributed by atoms with Gasteiger partial charge in [0, 0.05) is 11.3 Å². The van der Waals surface area contributed by atoms with E-state index >= 15 is 0 Å². The molecule has 0 bridgehead atoms. The summed E-state index contributed by atoms with van der Waals surface area (Å²) in [6.45, 7) is 7.87. The van der Waals surface area contributed by atoms with Crippen LogP contribution in [0.1, 0.15) is 36.6 Å². The number of hydrogen-bond acceptors (Lipinski definition) is 6. The maximum absolute atomic E-state index is 13.0. The molecule has 2 aromatic carbocycles. The van der Waals surface area contributed by atoms with E-state index in [0.29, 0.717) is 16.9 Å². The van der Waals surface area contributed by atoms with E-state index in [4.69, 9.17) is 9.47 Å². The highest BCUT2D eigenvalue weighted by molar-refractivity contribution is 6.42. The van der Waals surface area contributed by atoms with Crippen LogP contribution in [0.4, 0.5) is 11.4 Å². The molecule has 0 aliphatic carbocycles. The summed E-state index contributed by atoms with van der Waals surface area (Å²) in [5.41, 5.74) is 4.00. The van der Waals surface area contributed by atoms with Crippen molar-refractivity contribution in [2.75, 3.05) is 18.1 Å². The number of rotatable bonds is 5. The highest BCUT2D eigenvalue weighted by Gasteiger charge is 2.40. The summed E-state index contributed by atoms with van der Waals surface area (Å²) in [6, 6.07) is 12.3. The minimum Gasteiger partial charge on any atom is -0.464 e. The van der Waals surface area contributed by atoms with Crippen molar-refractivity contribution in [3.05, 3.63) is 59.2 Å². The number of benzene rings is 2. The van der Waals surface area contributed by atoms with Gasteiger partial charge in [0.1, 0.15) is 0 Å². The Morgan fingerprint density at radius 2 is 1.61 bits per heavy atom. The van der Waals surface area contributed by atoms with Crippen LogP contribution < -0.4 is 4.90 Å². The molecule has 0 amide bonds. The third-order valence-electron chi connectivity index (χ3n) is 4.47. The van der Waals surface area contributed by atoms with Gasteiger partial charge in [0.15, 0.2) is 6.04 Å². The smallest absolute Gasteiger partial charge is 0.374 e. The Morgan fingerprint density at radius 1 is 0.964 bits per heavy atom. The molecule has 0 N–H and O–H groups in total. The lowest BCUT2D eigenvalue weighted by molar-refractivity contribution is -0.144. The number of aryl methyl sites for hydroxylation is 2. The van der Waals surface area contributed by atoms with Gasteiger partial charge in [-0.1, -0.05) is 35.4 Å². The van der Waals surface area contributed by atoms with Gasteiger partial charge in [-0.25, -0.2) is 14.6 Å². The quantitative estimate of drug-likeness (QED) is 0.733. The third kappa shape index (κ3) is 3.76. The number of carbonyl (C=O) groups excluding carboxylic acids is 2. The number of nitrogens with zero attached hydrogens (tertiary/aromatic N) is 2. The fraction of sp³-hybridized carbons (Fsp3) is 0.318. The summed E-state index contributed by atoms with van der Waals surface area (Å²) in [5, 5.41) is 0. The Hall–Kier alpha value is -3.15. The number of amidine groups is 1. The third-order valence-corrected chi connectivity index (χ3v) is 4.47. The monoisotopic (exact) mass is 380 g/mol. The highest BCUT2D eigenvalue weighted by atomic mass is 16.5. The Kier molecular flexibility index (Phi) is 5.78. The maximum Gasteiger partial charge on any atom is 0.374 e. The van der Waals surface area contributed by atoms with Crippen molar-refractivity contribution in [2.24, 2.45) is 4.99 Å². The van der Waals surface area contributed by atoms with Crippen LogP contribution in [0, 0.1) is 13.8 Å². The molecule has 1 heterocycles. The first-order chi connectivity index (χ1) is 13.5. The van der Waals surface area contributed by atoms with Crippen LogP contribution in [0.15, 0.2) is 47.5 Å². The molecule has 0 spiro atoms. The summed E-state index contributed by atoms with van der Waals surface area (Å²) in [4.78, 5) is 31.8. The topological polar surface area (TPSA) is 68.2 Å². The molecule has 6 nitrogen and oxygen atoms in total. The minimum atomic E-state index is -0.825. The van der Waals surface area contributed by atoms with Gasteiger partial charge in [-0.05, 0) is 45.9 Å². The maximum atomic E-state index is 13.0. The zero-order valence-corrected chi connectivity index (χ0v) is 16.6. The van der Waals surface area contributed by atoms with E-state index in [1.54, 1.807) is 18.7 Å². The van der Waals surface area contributed by atoms with Crippen LogP contribution in [0.2, 0.25) is 0 Å². The van der Waals surface area contributed by atoms with Crippen LogP contribution in [0.5, 0.6) is 0 Å². The molecule has 1 unspecified atom stereocenters. The Balaban J connectivity index is 2.23. The highest BCUT2D eigenvalue weighted by Crippen LogP contribution is 2.39. The van der Waals surface area contributed by atoms with Crippen molar-refractivity contribution in [3.63, 3.8) is 0 Å². The Bertz CT molecular complexity index is 919. The van der Waals surface area contributed by atoms with Crippen molar-refractivity contribution in [3.8, 4) is 0 Å². The molecular weight excluding hydrogens is 356 g/mol. The van der Waals surface area contributed by atoms with E-state index in [1.807, 2.05) is 56.3 Å². The summed E-state index contributed by atoms with van der Waals surface area (Å²) >= 11 is 0. The molecule has 0 aromatic heterocycles.